The molecule has 96 valence electrons. The van der Waals surface area contributed by atoms with Crippen molar-refractivity contribution in [2.24, 2.45) is 5.92 Å². The van der Waals surface area contributed by atoms with Crippen molar-refractivity contribution in [1.82, 2.24) is 4.72 Å². The Kier molecular flexibility index (Phi) is 4.96. The van der Waals surface area contributed by atoms with E-state index in [4.69, 9.17) is 5.73 Å². The third kappa shape index (κ3) is 5.19. The van der Waals surface area contributed by atoms with Crippen LogP contribution in [-0.4, -0.2) is 15.0 Å². The number of hydrogen-bond donors (Lipinski definition) is 2. The fourth-order valence-electron chi connectivity index (χ4n) is 1.37. The molecule has 1 aromatic carbocycles. The summed E-state index contributed by atoms with van der Waals surface area (Å²) >= 11 is 0. The Morgan fingerprint density at radius 1 is 1.41 bits per heavy atom. The van der Waals surface area contributed by atoms with Gasteiger partial charge < -0.3 is 5.73 Å². The molecule has 4 nitrogen and oxygen atoms in total. The lowest BCUT2D eigenvalue weighted by molar-refractivity contribution is 0.528. The first-order valence-corrected chi connectivity index (χ1v) is 7.40. The molecular weight excluding hydrogens is 236 g/mol. The van der Waals surface area contributed by atoms with Crippen LogP contribution in [0.1, 0.15) is 25.8 Å². The zero-order valence-electron chi connectivity index (χ0n) is 10.3. The number of benzene rings is 1. The van der Waals surface area contributed by atoms with Crippen molar-refractivity contribution in [2.45, 2.75) is 26.0 Å². The Hall–Kier alpha value is -1.07. The predicted octanol–water partition coefficient (Wildman–Crippen LogP) is 1.73. The third-order valence-corrected chi connectivity index (χ3v) is 3.98. The Bertz CT molecular complexity index is 457. The predicted molar refractivity (Wildman–Crippen MR) is 70.9 cm³/mol. The van der Waals surface area contributed by atoms with Gasteiger partial charge in [-0.15, -0.1) is 0 Å². The van der Waals surface area contributed by atoms with Gasteiger partial charge in [0.15, 0.2) is 0 Å². The average Bonchev–Trinajstić information content (AvgIpc) is 2.25. The minimum atomic E-state index is -3.26. The molecule has 1 rings (SSSR count). The molecular formula is C12H20N2O2S. The summed E-state index contributed by atoms with van der Waals surface area (Å²) in [7, 11) is -3.26. The van der Waals surface area contributed by atoms with Crippen LogP contribution in [0.5, 0.6) is 0 Å². The molecule has 1 aromatic rings. The summed E-state index contributed by atoms with van der Waals surface area (Å²) < 4.78 is 26.2. The van der Waals surface area contributed by atoms with Crippen molar-refractivity contribution in [3.8, 4) is 0 Å². The van der Waals surface area contributed by atoms with Gasteiger partial charge >= 0.3 is 0 Å². The van der Waals surface area contributed by atoms with Crippen molar-refractivity contribution in [1.29, 1.82) is 0 Å². The largest absolute Gasteiger partial charge is 0.399 e. The molecule has 0 saturated carbocycles. The Balaban J connectivity index is 2.61. The molecule has 17 heavy (non-hydrogen) atoms. The molecule has 0 aliphatic carbocycles. The SMILES string of the molecule is CCC(C)CNS(=O)(=O)Cc1cccc(N)c1. The van der Waals surface area contributed by atoms with Gasteiger partial charge in [0.1, 0.15) is 0 Å². The summed E-state index contributed by atoms with van der Waals surface area (Å²) in [6.07, 6.45) is 0.959. The van der Waals surface area contributed by atoms with Gasteiger partial charge in [-0.2, -0.15) is 0 Å². The molecule has 1 unspecified atom stereocenters. The zero-order chi connectivity index (χ0) is 12.9. The van der Waals surface area contributed by atoms with E-state index in [9.17, 15) is 8.42 Å². The van der Waals surface area contributed by atoms with E-state index in [1.807, 2.05) is 13.8 Å². The first-order chi connectivity index (χ1) is 7.93. The number of nitrogens with one attached hydrogen (secondary N) is 1. The van der Waals surface area contributed by atoms with Crippen molar-refractivity contribution in [3.05, 3.63) is 29.8 Å². The lowest BCUT2D eigenvalue weighted by atomic mass is 10.1. The van der Waals surface area contributed by atoms with Gasteiger partial charge in [0.2, 0.25) is 10.0 Å². The monoisotopic (exact) mass is 256 g/mol. The van der Waals surface area contributed by atoms with Crippen LogP contribution in [-0.2, 0) is 15.8 Å². The second kappa shape index (κ2) is 6.02. The number of nitrogens with two attached hydrogens (primary N) is 1. The highest BCUT2D eigenvalue weighted by atomic mass is 32.2. The number of sulfonamides is 1. The maximum Gasteiger partial charge on any atom is 0.215 e. The molecule has 0 saturated heterocycles. The van der Waals surface area contributed by atoms with Crippen molar-refractivity contribution >= 4 is 15.7 Å². The summed E-state index contributed by atoms with van der Waals surface area (Å²) in [5, 5.41) is 0. The van der Waals surface area contributed by atoms with Crippen LogP contribution >= 0.6 is 0 Å². The van der Waals surface area contributed by atoms with Crippen molar-refractivity contribution in [2.75, 3.05) is 12.3 Å². The molecule has 0 spiro atoms. The van der Waals surface area contributed by atoms with Crippen LogP contribution < -0.4 is 10.5 Å². The summed E-state index contributed by atoms with van der Waals surface area (Å²) in [5.41, 5.74) is 6.90. The van der Waals surface area contributed by atoms with E-state index in [-0.39, 0.29) is 5.75 Å². The summed E-state index contributed by atoms with van der Waals surface area (Å²) in [6, 6.07) is 6.94. The van der Waals surface area contributed by atoms with E-state index in [1.54, 1.807) is 24.3 Å². The van der Waals surface area contributed by atoms with Gasteiger partial charge in [-0.3, -0.25) is 0 Å². The summed E-state index contributed by atoms with van der Waals surface area (Å²) in [6.45, 7) is 4.54. The van der Waals surface area contributed by atoms with E-state index in [0.717, 1.165) is 6.42 Å². The van der Waals surface area contributed by atoms with E-state index >= 15 is 0 Å². The van der Waals surface area contributed by atoms with Gasteiger partial charge in [0.05, 0.1) is 5.75 Å². The van der Waals surface area contributed by atoms with E-state index in [1.165, 1.54) is 0 Å². The van der Waals surface area contributed by atoms with Gasteiger partial charge in [0.25, 0.3) is 0 Å². The van der Waals surface area contributed by atoms with E-state index in [0.29, 0.717) is 23.7 Å². The Morgan fingerprint density at radius 3 is 2.71 bits per heavy atom. The highest BCUT2D eigenvalue weighted by molar-refractivity contribution is 7.88. The van der Waals surface area contributed by atoms with E-state index in [2.05, 4.69) is 4.72 Å². The molecule has 0 amide bonds. The molecule has 5 heteroatoms. The van der Waals surface area contributed by atoms with Crippen molar-refractivity contribution < 1.29 is 8.42 Å². The molecule has 0 radical (unpaired) electrons. The molecule has 0 heterocycles. The fourth-order valence-corrected chi connectivity index (χ4v) is 2.63. The zero-order valence-corrected chi connectivity index (χ0v) is 11.1. The van der Waals surface area contributed by atoms with Crippen LogP contribution in [0.25, 0.3) is 0 Å². The van der Waals surface area contributed by atoms with Gasteiger partial charge in [-0.25, -0.2) is 13.1 Å². The first kappa shape index (κ1) is 14.0. The second-order valence-corrected chi connectivity index (χ2v) is 6.17. The maximum atomic E-state index is 11.8. The molecule has 0 aliphatic rings. The lowest BCUT2D eigenvalue weighted by Gasteiger charge is -2.11. The lowest BCUT2D eigenvalue weighted by Crippen LogP contribution is -2.29. The Labute approximate surface area is 103 Å². The minimum absolute atomic E-state index is 0.0194. The van der Waals surface area contributed by atoms with Crippen molar-refractivity contribution in [3.63, 3.8) is 0 Å². The summed E-state index contributed by atoms with van der Waals surface area (Å²) in [4.78, 5) is 0. The van der Waals surface area contributed by atoms with Gasteiger partial charge in [0, 0.05) is 12.2 Å². The molecule has 0 fully saturated rings. The quantitative estimate of drug-likeness (QED) is 0.761. The Morgan fingerprint density at radius 2 is 2.12 bits per heavy atom. The van der Waals surface area contributed by atoms with Crippen LogP contribution in [0.4, 0.5) is 5.69 Å². The highest BCUT2D eigenvalue weighted by Crippen LogP contribution is 2.10. The van der Waals surface area contributed by atoms with Crippen LogP contribution in [0.15, 0.2) is 24.3 Å². The molecule has 1 atom stereocenters. The number of rotatable bonds is 6. The summed E-state index contributed by atoms with van der Waals surface area (Å²) in [5.74, 6) is 0.333. The number of hydrogen-bond acceptors (Lipinski definition) is 3. The molecule has 0 aliphatic heterocycles. The smallest absolute Gasteiger partial charge is 0.215 e. The third-order valence-electron chi connectivity index (χ3n) is 2.66. The second-order valence-electron chi connectivity index (χ2n) is 4.37. The normalized spacial score (nSPS) is 13.5. The van der Waals surface area contributed by atoms with Gasteiger partial charge in [-0.05, 0) is 23.6 Å². The number of anilines is 1. The van der Waals surface area contributed by atoms with Crippen LogP contribution in [0.2, 0.25) is 0 Å². The highest BCUT2D eigenvalue weighted by Gasteiger charge is 2.12. The minimum Gasteiger partial charge on any atom is -0.399 e. The fraction of sp³-hybridized carbons (Fsp3) is 0.500. The van der Waals surface area contributed by atoms with E-state index < -0.39 is 10.0 Å². The molecule has 0 aromatic heterocycles. The van der Waals surface area contributed by atoms with Crippen LogP contribution in [0.3, 0.4) is 0 Å². The standard InChI is InChI=1S/C12H20N2O2S/c1-3-10(2)8-14-17(15,16)9-11-5-4-6-12(13)7-11/h4-7,10,14H,3,8-9,13H2,1-2H3. The molecule has 0 bridgehead atoms. The topological polar surface area (TPSA) is 72.2 Å². The average molecular weight is 256 g/mol. The van der Waals surface area contributed by atoms with Crippen LogP contribution in [0, 0.1) is 5.92 Å². The maximum absolute atomic E-state index is 11.8. The van der Waals surface area contributed by atoms with Gasteiger partial charge in [-0.1, -0.05) is 32.4 Å². The number of nitrogen functional groups attached to an aromatic ring is 1. The first-order valence-electron chi connectivity index (χ1n) is 5.74. The molecule has 3 N–H and O–H groups in total.